The molecule has 0 aromatic carbocycles. The number of hydrogen-bond acceptors (Lipinski definition) is 4. The van der Waals surface area contributed by atoms with Gasteiger partial charge in [0.1, 0.15) is 5.01 Å². The topological polar surface area (TPSA) is 34.1 Å². The van der Waals surface area contributed by atoms with Crippen LogP contribution in [0, 0.1) is 5.92 Å². The number of aryl methyl sites for hydroxylation is 2. The summed E-state index contributed by atoms with van der Waals surface area (Å²) in [5.41, 5.74) is 1.54. The first-order valence-corrected chi connectivity index (χ1v) is 7.78. The number of ether oxygens (including phenoxy) is 1. The van der Waals surface area contributed by atoms with Gasteiger partial charge in [-0.3, -0.25) is 0 Å². The Bertz CT molecular complexity index is 402. The number of hydrogen-bond donors (Lipinski definition) is 1. The summed E-state index contributed by atoms with van der Waals surface area (Å²) >= 11 is 1.95. The van der Waals surface area contributed by atoms with Crippen molar-refractivity contribution in [1.29, 1.82) is 0 Å². The van der Waals surface area contributed by atoms with Gasteiger partial charge >= 0.3 is 0 Å². The van der Waals surface area contributed by atoms with Crippen LogP contribution in [0.1, 0.15) is 41.8 Å². The van der Waals surface area contributed by atoms with Crippen LogP contribution in [-0.4, -0.2) is 25.2 Å². The van der Waals surface area contributed by atoms with Crippen molar-refractivity contribution in [2.45, 2.75) is 44.6 Å². The highest BCUT2D eigenvalue weighted by Crippen LogP contribution is 2.47. The van der Waals surface area contributed by atoms with Crippen molar-refractivity contribution in [3.05, 3.63) is 15.6 Å². The second-order valence-corrected chi connectivity index (χ2v) is 6.84. The number of fused-ring (bicyclic) bond motifs is 1. The molecule has 4 heteroatoms. The van der Waals surface area contributed by atoms with E-state index in [9.17, 15) is 0 Å². The van der Waals surface area contributed by atoms with Gasteiger partial charge in [0.25, 0.3) is 0 Å². The van der Waals surface area contributed by atoms with Crippen molar-refractivity contribution in [3.63, 3.8) is 0 Å². The van der Waals surface area contributed by atoms with E-state index in [-0.39, 0.29) is 5.54 Å². The summed E-state index contributed by atoms with van der Waals surface area (Å²) in [7, 11) is 1.76. The highest BCUT2D eigenvalue weighted by atomic mass is 32.1. The molecule has 0 spiro atoms. The fraction of sp³-hybridized carbons (Fsp3) is 0.786. The Morgan fingerprint density at radius 3 is 2.94 bits per heavy atom. The zero-order valence-electron chi connectivity index (χ0n) is 11.3. The normalized spacial score (nSPS) is 30.2. The molecule has 100 valence electrons. The van der Waals surface area contributed by atoms with Crippen LogP contribution in [0.2, 0.25) is 0 Å². The van der Waals surface area contributed by atoms with Crippen molar-refractivity contribution in [2.24, 2.45) is 5.92 Å². The van der Waals surface area contributed by atoms with Gasteiger partial charge in [0.05, 0.1) is 17.8 Å². The maximum Gasteiger partial charge on any atom is 0.113 e. The third-order valence-corrected chi connectivity index (χ3v) is 5.53. The van der Waals surface area contributed by atoms with Crippen molar-refractivity contribution in [2.75, 3.05) is 20.3 Å². The Morgan fingerprint density at radius 1 is 1.44 bits per heavy atom. The highest BCUT2D eigenvalue weighted by molar-refractivity contribution is 7.12. The molecule has 1 N–H and O–H groups in total. The van der Waals surface area contributed by atoms with Gasteiger partial charge in [-0.15, -0.1) is 11.3 Å². The van der Waals surface area contributed by atoms with E-state index in [4.69, 9.17) is 9.72 Å². The van der Waals surface area contributed by atoms with Crippen LogP contribution in [0.5, 0.6) is 0 Å². The van der Waals surface area contributed by atoms with E-state index >= 15 is 0 Å². The van der Waals surface area contributed by atoms with Crippen LogP contribution in [0.15, 0.2) is 0 Å². The molecule has 3 rings (SSSR count). The molecule has 1 aromatic heterocycles. The fourth-order valence-corrected chi connectivity index (χ4v) is 4.65. The van der Waals surface area contributed by atoms with E-state index in [0.717, 1.165) is 19.1 Å². The summed E-state index contributed by atoms with van der Waals surface area (Å²) in [6.45, 7) is 4.03. The third-order valence-electron chi connectivity index (χ3n) is 4.17. The molecular formula is C14H22N2OS. The largest absolute Gasteiger partial charge is 0.383 e. The molecule has 1 heterocycles. The van der Waals surface area contributed by atoms with Crippen LogP contribution in [0.25, 0.3) is 0 Å². The minimum Gasteiger partial charge on any atom is -0.383 e. The fourth-order valence-electron chi connectivity index (χ4n) is 3.31. The van der Waals surface area contributed by atoms with E-state index in [1.807, 2.05) is 11.3 Å². The molecule has 0 aliphatic heterocycles. The van der Waals surface area contributed by atoms with Gasteiger partial charge in [-0.2, -0.15) is 0 Å². The summed E-state index contributed by atoms with van der Waals surface area (Å²) in [5, 5.41) is 5.03. The molecule has 0 radical (unpaired) electrons. The summed E-state index contributed by atoms with van der Waals surface area (Å²) in [6.07, 6.45) is 6.19. The zero-order chi connectivity index (χ0) is 12.6. The monoisotopic (exact) mass is 266 g/mol. The van der Waals surface area contributed by atoms with Crippen LogP contribution < -0.4 is 5.32 Å². The predicted molar refractivity (Wildman–Crippen MR) is 74.1 cm³/mol. The number of nitrogens with zero attached hydrogens (tertiary/aromatic N) is 1. The molecule has 3 nitrogen and oxygen atoms in total. The van der Waals surface area contributed by atoms with Crippen LogP contribution in [0.4, 0.5) is 0 Å². The Labute approximate surface area is 113 Å². The summed E-state index contributed by atoms with van der Waals surface area (Å²) in [6, 6.07) is 0. The Balaban J connectivity index is 1.76. The van der Waals surface area contributed by atoms with Gasteiger partial charge < -0.3 is 10.1 Å². The Kier molecular flexibility index (Phi) is 3.43. The minimum atomic E-state index is 0.160. The quantitative estimate of drug-likeness (QED) is 0.832. The average Bonchev–Trinajstić information content (AvgIpc) is 2.86. The van der Waals surface area contributed by atoms with Gasteiger partial charge in [-0.05, 0) is 38.0 Å². The van der Waals surface area contributed by atoms with Crippen LogP contribution in [-0.2, 0) is 23.1 Å². The van der Waals surface area contributed by atoms with E-state index in [1.165, 1.54) is 47.7 Å². The summed E-state index contributed by atoms with van der Waals surface area (Å²) < 4.78 is 5.15. The van der Waals surface area contributed by atoms with Gasteiger partial charge in [0.15, 0.2) is 0 Å². The van der Waals surface area contributed by atoms with Crippen LogP contribution in [0.3, 0.4) is 0 Å². The molecule has 0 amide bonds. The first kappa shape index (κ1) is 12.6. The molecule has 0 atom stereocenters. The first-order valence-electron chi connectivity index (χ1n) is 6.96. The van der Waals surface area contributed by atoms with E-state index in [0.29, 0.717) is 0 Å². The number of nitrogens with one attached hydrogen (secondary N) is 1. The van der Waals surface area contributed by atoms with Gasteiger partial charge in [0.2, 0.25) is 0 Å². The molecule has 2 aliphatic carbocycles. The molecule has 0 bridgehead atoms. The zero-order valence-corrected chi connectivity index (χ0v) is 12.1. The SMILES string of the molecule is COCCNC1(c2nc3c(s2)CCC3)CC(C)C1. The molecular weight excluding hydrogens is 244 g/mol. The Morgan fingerprint density at radius 2 is 2.28 bits per heavy atom. The Hall–Kier alpha value is -0.450. The average molecular weight is 266 g/mol. The van der Waals surface area contributed by atoms with Crippen molar-refractivity contribution in [1.82, 2.24) is 10.3 Å². The van der Waals surface area contributed by atoms with E-state index in [1.54, 1.807) is 7.11 Å². The molecule has 1 aromatic rings. The van der Waals surface area contributed by atoms with E-state index < -0.39 is 0 Å². The van der Waals surface area contributed by atoms with Gasteiger partial charge in [-0.25, -0.2) is 4.98 Å². The lowest BCUT2D eigenvalue weighted by Crippen LogP contribution is -2.52. The molecule has 0 unspecified atom stereocenters. The van der Waals surface area contributed by atoms with Crippen LogP contribution >= 0.6 is 11.3 Å². The molecule has 18 heavy (non-hydrogen) atoms. The number of methoxy groups -OCH3 is 1. The third kappa shape index (κ3) is 2.10. The number of rotatable bonds is 5. The molecule has 2 aliphatic rings. The summed E-state index contributed by atoms with van der Waals surface area (Å²) in [5.74, 6) is 0.818. The lowest BCUT2D eigenvalue weighted by Gasteiger charge is -2.46. The minimum absolute atomic E-state index is 0.160. The number of aromatic nitrogens is 1. The maximum atomic E-state index is 5.15. The van der Waals surface area contributed by atoms with Gasteiger partial charge in [-0.1, -0.05) is 6.92 Å². The molecule has 1 saturated carbocycles. The second kappa shape index (κ2) is 4.91. The van der Waals surface area contributed by atoms with E-state index in [2.05, 4.69) is 12.2 Å². The van der Waals surface area contributed by atoms with Crippen molar-refractivity contribution < 1.29 is 4.74 Å². The molecule has 1 fully saturated rings. The predicted octanol–water partition coefficient (Wildman–Crippen LogP) is 2.49. The maximum absolute atomic E-state index is 5.15. The first-order chi connectivity index (χ1) is 8.73. The number of thiazole rings is 1. The standard InChI is InChI=1S/C14H22N2OS/c1-10-8-14(9-10,15-6-7-17-2)13-16-11-4-3-5-12(11)18-13/h10,15H,3-9H2,1-2H3. The van der Waals surface area contributed by atoms with Crippen molar-refractivity contribution >= 4 is 11.3 Å². The summed E-state index contributed by atoms with van der Waals surface area (Å²) in [4.78, 5) is 6.45. The smallest absolute Gasteiger partial charge is 0.113 e. The lowest BCUT2D eigenvalue weighted by molar-refractivity contribution is 0.0981. The lowest BCUT2D eigenvalue weighted by atomic mass is 9.69. The second-order valence-electron chi connectivity index (χ2n) is 5.76. The van der Waals surface area contributed by atoms with Crippen molar-refractivity contribution in [3.8, 4) is 0 Å². The van der Waals surface area contributed by atoms with Gasteiger partial charge in [0, 0.05) is 18.5 Å². The molecule has 0 saturated heterocycles. The highest BCUT2D eigenvalue weighted by Gasteiger charge is 2.45.